The van der Waals surface area contributed by atoms with Crippen LogP contribution in [0, 0.1) is 0 Å². The molecule has 0 N–H and O–H groups in total. The topological polar surface area (TPSA) is 30.0 Å². The van der Waals surface area contributed by atoms with Crippen molar-refractivity contribution in [2.75, 3.05) is 0 Å². The van der Waals surface area contributed by atoms with Gasteiger partial charge in [0.25, 0.3) is 5.24 Å². The maximum atomic E-state index is 11.0. The molecule has 0 aliphatic rings. The summed E-state index contributed by atoms with van der Waals surface area (Å²) in [7, 11) is 0. The number of rotatable bonds is 1. The van der Waals surface area contributed by atoms with E-state index in [-0.39, 0.29) is 12.4 Å². The molecule has 0 unspecified atom stereocenters. The molecule has 1 aromatic carbocycles. The van der Waals surface area contributed by atoms with Gasteiger partial charge in [0, 0.05) is 17.1 Å². The number of fused-ring (bicyclic) bond motifs is 1. The monoisotopic (exact) mass is 227 g/mol. The number of carbonyl (C=O) groups excluding carboxylic acids is 1. The Balaban J connectivity index is 0.000000980. The Morgan fingerprint density at radius 1 is 1.21 bits per heavy atom. The smallest absolute Gasteiger partial charge is 0.253 e. The summed E-state index contributed by atoms with van der Waals surface area (Å²) in [6, 6.07) is 9.03. The standard InChI is InChI=1S/C10H6ClNO.ClH/c11-10(13)8-5-6-12-9-4-2-1-3-7(8)9;/h1-6H;1H. The van der Waals surface area contributed by atoms with E-state index in [1.165, 1.54) is 0 Å². The third kappa shape index (κ3) is 1.86. The van der Waals surface area contributed by atoms with Crippen molar-refractivity contribution in [1.82, 2.24) is 4.98 Å². The molecule has 0 aliphatic heterocycles. The molecule has 0 saturated carbocycles. The maximum Gasteiger partial charge on any atom is 0.253 e. The molecule has 1 heterocycles. The molecule has 2 rings (SSSR count). The Labute approximate surface area is 92.3 Å². The van der Waals surface area contributed by atoms with E-state index in [0.29, 0.717) is 5.56 Å². The highest BCUT2D eigenvalue weighted by atomic mass is 35.5. The van der Waals surface area contributed by atoms with E-state index in [9.17, 15) is 4.79 Å². The summed E-state index contributed by atoms with van der Waals surface area (Å²) in [4.78, 5) is 15.1. The van der Waals surface area contributed by atoms with Gasteiger partial charge in [-0.2, -0.15) is 0 Å². The summed E-state index contributed by atoms with van der Waals surface area (Å²) < 4.78 is 0. The number of aromatic nitrogens is 1. The summed E-state index contributed by atoms with van der Waals surface area (Å²) in [5.74, 6) is 0. The van der Waals surface area contributed by atoms with Crippen LogP contribution in [0.5, 0.6) is 0 Å². The van der Waals surface area contributed by atoms with Gasteiger partial charge in [0.1, 0.15) is 0 Å². The first-order chi connectivity index (χ1) is 6.29. The van der Waals surface area contributed by atoms with Crippen LogP contribution < -0.4 is 0 Å². The van der Waals surface area contributed by atoms with Crippen LogP contribution in [0.3, 0.4) is 0 Å². The lowest BCUT2D eigenvalue weighted by atomic mass is 10.1. The van der Waals surface area contributed by atoms with Crippen molar-refractivity contribution in [3.63, 3.8) is 0 Å². The minimum absolute atomic E-state index is 0. The van der Waals surface area contributed by atoms with Crippen LogP contribution in [-0.2, 0) is 0 Å². The predicted molar refractivity (Wildman–Crippen MR) is 59.2 cm³/mol. The number of benzene rings is 1. The molecule has 0 spiro atoms. The van der Waals surface area contributed by atoms with Crippen LogP contribution in [0.1, 0.15) is 10.4 Å². The average molecular weight is 228 g/mol. The molecule has 2 aromatic rings. The fourth-order valence-corrected chi connectivity index (χ4v) is 1.43. The van der Waals surface area contributed by atoms with Crippen molar-refractivity contribution >= 4 is 40.2 Å². The van der Waals surface area contributed by atoms with Crippen LogP contribution >= 0.6 is 24.0 Å². The Morgan fingerprint density at radius 2 is 1.93 bits per heavy atom. The highest BCUT2D eigenvalue weighted by molar-refractivity contribution is 6.68. The highest BCUT2D eigenvalue weighted by Gasteiger charge is 2.06. The number of para-hydroxylation sites is 1. The van der Waals surface area contributed by atoms with Crippen molar-refractivity contribution in [2.24, 2.45) is 0 Å². The number of pyridine rings is 1. The molecule has 2 nitrogen and oxygen atoms in total. The van der Waals surface area contributed by atoms with E-state index in [0.717, 1.165) is 10.9 Å². The third-order valence-corrected chi connectivity index (χ3v) is 2.06. The molecule has 0 bridgehead atoms. The molecule has 4 heteroatoms. The second kappa shape index (κ2) is 4.40. The molecule has 14 heavy (non-hydrogen) atoms. The summed E-state index contributed by atoms with van der Waals surface area (Å²) in [5, 5.41) is 0.351. The molecule has 0 fully saturated rings. The average Bonchev–Trinajstić information content (AvgIpc) is 2.17. The van der Waals surface area contributed by atoms with Gasteiger partial charge in [-0.1, -0.05) is 18.2 Å². The van der Waals surface area contributed by atoms with Crippen LogP contribution in [0.15, 0.2) is 36.5 Å². The van der Waals surface area contributed by atoms with Crippen molar-refractivity contribution in [1.29, 1.82) is 0 Å². The highest BCUT2D eigenvalue weighted by Crippen LogP contribution is 2.17. The summed E-state index contributed by atoms with van der Waals surface area (Å²) in [5.41, 5.74) is 1.29. The molecular formula is C10H7Cl2NO. The number of halogens is 2. The third-order valence-electron chi connectivity index (χ3n) is 1.86. The molecule has 0 radical (unpaired) electrons. The van der Waals surface area contributed by atoms with Gasteiger partial charge in [0.15, 0.2) is 0 Å². The van der Waals surface area contributed by atoms with E-state index >= 15 is 0 Å². The lowest BCUT2D eigenvalue weighted by Crippen LogP contribution is -1.91. The van der Waals surface area contributed by atoms with Crippen LogP contribution in [0.25, 0.3) is 10.9 Å². The summed E-state index contributed by atoms with van der Waals surface area (Å²) in [6.07, 6.45) is 1.58. The fourth-order valence-electron chi connectivity index (χ4n) is 1.27. The summed E-state index contributed by atoms with van der Waals surface area (Å²) >= 11 is 5.42. The minimum atomic E-state index is -0.446. The first-order valence-electron chi connectivity index (χ1n) is 3.82. The van der Waals surface area contributed by atoms with Crippen LogP contribution in [0.2, 0.25) is 0 Å². The van der Waals surface area contributed by atoms with E-state index in [4.69, 9.17) is 11.6 Å². The minimum Gasteiger partial charge on any atom is -0.276 e. The van der Waals surface area contributed by atoms with Crippen LogP contribution in [-0.4, -0.2) is 10.2 Å². The van der Waals surface area contributed by atoms with Crippen molar-refractivity contribution in [2.45, 2.75) is 0 Å². The second-order valence-corrected chi connectivity index (χ2v) is 2.99. The molecular weight excluding hydrogens is 221 g/mol. The Hall–Kier alpha value is -1.12. The zero-order valence-electron chi connectivity index (χ0n) is 7.11. The van der Waals surface area contributed by atoms with Gasteiger partial charge in [-0.15, -0.1) is 12.4 Å². The van der Waals surface area contributed by atoms with Crippen molar-refractivity contribution in [3.05, 3.63) is 42.1 Å². The number of hydrogen-bond donors (Lipinski definition) is 0. The number of hydrogen-bond acceptors (Lipinski definition) is 2. The Kier molecular flexibility index (Phi) is 3.44. The van der Waals surface area contributed by atoms with E-state index in [1.807, 2.05) is 24.3 Å². The van der Waals surface area contributed by atoms with Gasteiger partial charge in [0.05, 0.1) is 5.52 Å². The first-order valence-corrected chi connectivity index (χ1v) is 4.20. The van der Waals surface area contributed by atoms with Gasteiger partial charge >= 0.3 is 0 Å². The van der Waals surface area contributed by atoms with E-state index in [1.54, 1.807) is 12.3 Å². The lowest BCUT2D eigenvalue weighted by Gasteiger charge is -1.99. The first kappa shape index (κ1) is 11.0. The zero-order valence-corrected chi connectivity index (χ0v) is 8.68. The summed E-state index contributed by atoms with van der Waals surface area (Å²) in [6.45, 7) is 0. The quantitative estimate of drug-likeness (QED) is 0.702. The van der Waals surface area contributed by atoms with Crippen molar-refractivity contribution in [3.8, 4) is 0 Å². The van der Waals surface area contributed by atoms with Gasteiger partial charge in [-0.05, 0) is 23.7 Å². The fraction of sp³-hybridized carbons (Fsp3) is 0. The van der Waals surface area contributed by atoms with Gasteiger partial charge in [-0.25, -0.2) is 0 Å². The number of carbonyl (C=O) groups is 1. The molecule has 0 amide bonds. The lowest BCUT2D eigenvalue weighted by molar-refractivity contribution is 0.108. The van der Waals surface area contributed by atoms with Crippen molar-refractivity contribution < 1.29 is 4.79 Å². The SMILES string of the molecule is Cl.O=C(Cl)c1ccnc2ccccc12. The van der Waals surface area contributed by atoms with Gasteiger partial charge < -0.3 is 0 Å². The van der Waals surface area contributed by atoms with Gasteiger partial charge in [-0.3, -0.25) is 9.78 Å². The van der Waals surface area contributed by atoms with Gasteiger partial charge in [0.2, 0.25) is 0 Å². The molecule has 0 saturated heterocycles. The molecule has 0 atom stereocenters. The second-order valence-electron chi connectivity index (χ2n) is 2.65. The molecule has 0 aliphatic carbocycles. The molecule has 1 aromatic heterocycles. The predicted octanol–water partition coefficient (Wildman–Crippen LogP) is 3.04. The van der Waals surface area contributed by atoms with E-state index in [2.05, 4.69) is 4.98 Å². The molecule has 72 valence electrons. The number of nitrogens with zero attached hydrogens (tertiary/aromatic N) is 1. The van der Waals surface area contributed by atoms with Crippen LogP contribution in [0.4, 0.5) is 0 Å². The Morgan fingerprint density at radius 3 is 2.64 bits per heavy atom. The normalized spacial score (nSPS) is 9.50. The zero-order chi connectivity index (χ0) is 9.26. The van der Waals surface area contributed by atoms with E-state index < -0.39 is 5.24 Å². The largest absolute Gasteiger partial charge is 0.276 e. The Bertz CT molecular complexity index is 465. The maximum absolute atomic E-state index is 11.0.